The zero-order valence-corrected chi connectivity index (χ0v) is 15.5. The molecule has 0 aromatic rings. The summed E-state index contributed by atoms with van der Waals surface area (Å²) in [5.74, 6) is 0. The summed E-state index contributed by atoms with van der Waals surface area (Å²) in [6.07, 6.45) is 16.9. The summed E-state index contributed by atoms with van der Waals surface area (Å²) in [6.45, 7) is 9.74. The Morgan fingerprint density at radius 1 is 0.571 bits per heavy atom. The summed E-state index contributed by atoms with van der Waals surface area (Å²) >= 11 is 0. The molecule has 2 nitrogen and oxygen atoms in total. The second kappa shape index (κ2) is 14.8. The molecule has 0 saturated carbocycles. The van der Waals surface area contributed by atoms with Crippen molar-refractivity contribution in [2.75, 3.05) is 26.7 Å². The fraction of sp³-hybridized carbons (Fsp3) is 1.00. The number of hydroxylamine groups is 3. The fourth-order valence-electron chi connectivity index (χ4n) is 2.63. The molecule has 2 heteroatoms. The van der Waals surface area contributed by atoms with Gasteiger partial charge >= 0.3 is 0 Å². The summed E-state index contributed by atoms with van der Waals surface area (Å²) in [5.41, 5.74) is 0. The lowest BCUT2D eigenvalue weighted by Gasteiger charge is -2.28. The molecule has 0 rings (SSSR count). The summed E-state index contributed by atoms with van der Waals surface area (Å²) in [5, 5.41) is 0. The van der Waals surface area contributed by atoms with E-state index in [4.69, 9.17) is 4.84 Å². The highest BCUT2D eigenvalue weighted by molar-refractivity contribution is 4.48. The van der Waals surface area contributed by atoms with Gasteiger partial charge in [0.05, 0.1) is 7.05 Å². The van der Waals surface area contributed by atoms with Gasteiger partial charge in [-0.2, -0.15) is 4.65 Å². The van der Waals surface area contributed by atoms with Gasteiger partial charge in [-0.15, -0.1) is 0 Å². The van der Waals surface area contributed by atoms with Crippen LogP contribution in [0.25, 0.3) is 0 Å². The Bertz CT molecular complexity index is 202. The molecule has 0 aromatic carbocycles. The molecule has 0 aliphatic rings. The summed E-state index contributed by atoms with van der Waals surface area (Å²) in [7, 11) is 2.18. The van der Waals surface area contributed by atoms with E-state index >= 15 is 0 Å². The molecule has 0 bridgehead atoms. The lowest BCUT2D eigenvalue weighted by atomic mass is 10.1. The smallest absolute Gasteiger partial charge is 0.106 e. The van der Waals surface area contributed by atoms with Crippen molar-refractivity contribution in [3.05, 3.63) is 0 Å². The van der Waals surface area contributed by atoms with Gasteiger partial charge in [-0.1, -0.05) is 77.6 Å². The number of quaternary nitrogens is 1. The summed E-state index contributed by atoms with van der Waals surface area (Å²) < 4.78 is 0.762. The molecular formula is C19H42NO+. The van der Waals surface area contributed by atoms with Crippen LogP contribution < -0.4 is 0 Å². The van der Waals surface area contributed by atoms with Gasteiger partial charge < -0.3 is 0 Å². The standard InChI is InChI=1S/C19H42NO/c1-5-8-9-10-11-12-13-14-15-16-17-18-19-21-20(4,6-2)7-3/h5-19H2,1-4H3/q+1. The molecule has 0 N–H and O–H groups in total. The average Bonchev–Trinajstić information content (AvgIpc) is 2.51. The van der Waals surface area contributed by atoms with Crippen molar-refractivity contribution in [3.8, 4) is 0 Å². The van der Waals surface area contributed by atoms with Crippen LogP contribution in [0.15, 0.2) is 0 Å². The lowest BCUT2D eigenvalue weighted by molar-refractivity contribution is -1.09. The first kappa shape index (κ1) is 20.9. The lowest BCUT2D eigenvalue weighted by Crippen LogP contribution is -2.43. The van der Waals surface area contributed by atoms with Gasteiger partial charge in [0.25, 0.3) is 0 Å². The number of hydrogen-bond acceptors (Lipinski definition) is 1. The first-order valence-corrected chi connectivity index (χ1v) is 9.67. The Balaban J connectivity index is 3.16. The molecule has 0 heterocycles. The zero-order valence-electron chi connectivity index (χ0n) is 15.5. The number of hydrogen-bond donors (Lipinski definition) is 0. The van der Waals surface area contributed by atoms with E-state index in [1.165, 1.54) is 77.0 Å². The predicted molar refractivity (Wildman–Crippen MR) is 94.3 cm³/mol. The molecule has 0 fully saturated rings. The predicted octanol–water partition coefficient (Wildman–Crippen LogP) is 6.11. The molecule has 0 aliphatic carbocycles. The topological polar surface area (TPSA) is 9.23 Å². The third kappa shape index (κ3) is 13.3. The van der Waals surface area contributed by atoms with Gasteiger partial charge in [-0.25, -0.2) is 4.84 Å². The largest absolute Gasteiger partial charge is 0.203 e. The third-order valence-electron chi connectivity index (χ3n) is 4.74. The van der Waals surface area contributed by atoms with Crippen LogP contribution in [-0.2, 0) is 4.84 Å². The van der Waals surface area contributed by atoms with Crippen LogP contribution in [0.2, 0.25) is 0 Å². The van der Waals surface area contributed by atoms with Crippen molar-refractivity contribution in [2.45, 2.75) is 97.8 Å². The molecule has 21 heavy (non-hydrogen) atoms. The minimum absolute atomic E-state index is 0.762. The van der Waals surface area contributed by atoms with E-state index in [2.05, 4.69) is 27.8 Å². The average molecular weight is 301 g/mol. The molecule has 0 saturated heterocycles. The molecule has 0 aromatic heterocycles. The maximum atomic E-state index is 5.96. The highest BCUT2D eigenvalue weighted by Crippen LogP contribution is 2.12. The van der Waals surface area contributed by atoms with Crippen LogP contribution in [-0.4, -0.2) is 31.4 Å². The highest BCUT2D eigenvalue weighted by Gasteiger charge is 2.17. The van der Waals surface area contributed by atoms with Crippen molar-refractivity contribution in [1.82, 2.24) is 0 Å². The first-order valence-electron chi connectivity index (χ1n) is 9.67. The second-order valence-corrected chi connectivity index (χ2v) is 6.65. The Morgan fingerprint density at radius 2 is 0.952 bits per heavy atom. The maximum absolute atomic E-state index is 5.96. The normalized spacial score (nSPS) is 12.0. The van der Waals surface area contributed by atoms with E-state index in [1.54, 1.807) is 0 Å². The minimum Gasteiger partial charge on any atom is -0.203 e. The second-order valence-electron chi connectivity index (χ2n) is 6.65. The molecule has 0 atom stereocenters. The Hall–Kier alpha value is -0.0800. The monoisotopic (exact) mass is 300 g/mol. The summed E-state index contributed by atoms with van der Waals surface area (Å²) in [6, 6.07) is 0. The van der Waals surface area contributed by atoms with Crippen molar-refractivity contribution in [2.24, 2.45) is 0 Å². The van der Waals surface area contributed by atoms with E-state index in [-0.39, 0.29) is 0 Å². The zero-order chi connectivity index (χ0) is 15.8. The molecule has 0 aliphatic heterocycles. The van der Waals surface area contributed by atoms with Gasteiger partial charge in [0.2, 0.25) is 0 Å². The molecule has 128 valence electrons. The molecular weight excluding hydrogens is 258 g/mol. The van der Waals surface area contributed by atoms with Crippen molar-refractivity contribution in [3.63, 3.8) is 0 Å². The minimum atomic E-state index is 0.762. The van der Waals surface area contributed by atoms with Crippen LogP contribution in [0.5, 0.6) is 0 Å². The first-order chi connectivity index (χ1) is 10.2. The SMILES string of the molecule is CCCCCCCCCCCCCCO[N+](C)(CC)CC. The molecule has 0 radical (unpaired) electrons. The van der Waals surface area contributed by atoms with E-state index < -0.39 is 0 Å². The van der Waals surface area contributed by atoms with Crippen LogP contribution in [0, 0.1) is 0 Å². The molecule has 0 unspecified atom stereocenters. The maximum Gasteiger partial charge on any atom is 0.106 e. The van der Waals surface area contributed by atoms with Gasteiger partial charge in [-0.3, -0.25) is 0 Å². The fourth-order valence-corrected chi connectivity index (χ4v) is 2.63. The van der Waals surface area contributed by atoms with E-state index in [0.717, 1.165) is 24.3 Å². The van der Waals surface area contributed by atoms with Crippen LogP contribution in [0.4, 0.5) is 0 Å². The van der Waals surface area contributed by atoms with Crippen LogP contribution >= 0.6 is 0 Å². The van der Waals surface area contributed by atoms with E-state index in [9.17, 15) is 0 Å². The van der Waals surface area contributed by atoms with Crippen LogP contribution in [0.1, 0.15) is 97.8 Å². The van der Waals surface area contributed by atoms with Gasteiger partial charge in [0.15, 0.2) is 0 Å². The third-order valence-corrected chi connectivity index (χ3v) is 4.74. The number of unbranched alkanes of at least 4 members (excludes halogenated alkanes) is 11. The Morgan fingerprint density at radius 3 is 1.33 bits per heavy atom. The Kier molecular flexibility index (Phi) is 14.8. The Labute approximate surface area is 134 Å². The van der Waals surface area contributed by atoms with E-state index in [0.29, 0.717) is 0 Å². The van der Waals surface area contributed by atoms with Crippen molar-refractivity contribution in [1.29, 1.82) is 0 Å². The highest BCUT2D eigenvalue weighted by atomic mass is 16.7. The molecule has 0 spiro atoms. The van der Waals surface area contributed by atoms with Gasteiger partial charge in [-0.05, 0) is 20.3 Å². The number of rotatable bonds is 16. The van der Waals surface area contributed by atoms with Crippen molar-refractivity contribution < 1.29 is 9.48 Å². The van der Waals surface area contributed by atoms with Crippen LogP contribution in [0.3, 0.4) is 0 Å². The number of nitrogens with zero attached hydrogens (tertiary/aromatic N) is 1. The van der Waals surface area contributed by atoms with Crippen molar-refractivity contribution >= 4 is 0 Å². The summed E-state index contributed by atoms with van der Waals surface area (Å²) in [4.78, 5) is 5.96. The van der Waals surface area contributed by atoms with Gasteiger partial charge in [0, 0.05) is 0 Å². The quantitative estimate of drug-likeness (QED) is 0.190. The molecule has 0 amide bonds. The van der Waals surface area contributed by atoms with E-state index in [1.807, 2.05) is 0 Å². The van der Waals surface area contributed by atoms with Gasteiger partial charge in [0.1, 0.15) is 19.7 Å².